The van der Waals surface area contributed by atoms with Crippen LogP contribution in [0.15, 0.2) is 27.6 Å². The zero-order chi connectivity index (χ0) is 13.1. The van der Waals surface area contributed by atoms with Crippen LogP contribution in [0.4, 0.5) is 0 Å². The molecular formula is C12H15BrN2O3. The summed E-state index contributed by atoms with van der Waals surface area (Å²) in [6, 6.07) is 3.11. The third kappa shape index (κ3) is 3.20. The van der Waals surface area contributed by atoms with E-state index in [9.17, 15) is 9.59 Å². The Labute approximate surface area is 113 Å². The predicted octanol–water partition coefficient (Wildman–Crippen LogP) is 0.858. The lowest BCUT2D eigenvalue weighted by Gasteiger charge is -2.31. The van der Waals surface area contributed by atoms with Crippen molar-refractivity contribution in [2.45, 2.75) is 19.6 Å². The van der Waals surface area contributed by atoms with Crippen LogP contribution in [0.25, 0.3) is 0 Å². The normalized spacial score (nSPS) is 19.9. The number of pyridine rings is 1. The molecule has 98 valence electrons. The Hall–Kier alpha value is -1.14. The summed E-state index contributed by atoms with van der Waals surface area (Å²) in [5.74, 6) is -0.0506. The number of hydrogen-bond acceptors (Lipinski definition) is 3. The van der Waals surface area contributed by atoms with Gasteiger partial charge in [-0.25, -0.2) is 0 Å². The van der Waals surface area contributed by atoms with E-state index in [2.05, 4.69) is 15.9 Å². The monoisotopic (exact) mass is 314 g/mol. The average Bonchev–Trinajstić information content (AvgIpc) is 2.34. The van der Waals surface area contributed by atoms with Crippen LogP contribution in [0, 0.1) is 0 Å². The fraction of sp³-hybridized carbons (Fsp3) is 0.500. The van der Waals surface area contributed by atoms with Crippen LogP contribution in [-0.4, -0.2) is 41.2 Å². The molecule has 1 amide bonds. The van der Waals surface area contributed by atoms with Gasteiger partial charge in [0.1, 0.15) is 6.54 Å². The molecule has 18 heavy (non-hydrogen) atoms. The zero-order valence-corrected chi connectivity index (χ0v) is 11.7. The van der Waals surface area contributed by atoms with Crippen molar-refractivity contribution in [3.8, 4) is 0 Å². The second-order valence-corrected chi connectivity index (χ2v) is 5.25. The molecule has 1 aromatic rings. The first-order chi connectivity index (χ1) is 8.56. The van der Waals surface area contributed by atoms with Gasteiger partial charge >= 0.3 is 0 Å². The number of ether oxygens (including phenoxy) is 1. The molecule has 5 nitrogen and oxygen atoms in total. The molecule has 6 heteroatoms. The summed E-state index contributed by atoms with van der Waals surface area (Å²) < 4.78 is 7.57. The summed E-state index contributed by atoms with van der Waals surface area (Å²) in [5, 5.41) is 0. The zero-order valence-electron chi connectivity index (χ0n) is 10.1. The minimum atomic E-state index is -0.173. The van der Waals surface area contributed by atoms with Gasteiger partial charge in [-0.1, -0.05) is 0 Å². The van der Waals surface area contributed by atoms with Crippen molar-refractivity contribution in [3.05, 3.63) is 33.2 Å². The molecule has 0 N–H and O–H groups in total. The van der Waals surface area contributed by atoms with E-state index in [1.807, 2.05) is 6.92 Å². The van der Waals surface area contributed by atoms with Gasteiger partial charge in [-0.05, 0) is 28.9 Å². The Morgan fingerprint density at radius 3 is 3.06 bits per heavy atom. The quantitative estimate of drug-likeness (QED) is 0.813. The molecule has 0 aliphatic carbocycles. The lowest BCUT2D eigenvalue weighted by atomic mass is 10.3. The molecule has 1 atom stereocenters. The van der Waals surface area contributed by atoms with Gasteiger partial charge in [0.2, 0.25) is 5.91 Å². The largest absolute Gasteiger partial charge is 0.375 e. The van der Waals surface area contributed by atoms with Gasteiger partial charge in [-0.15, -0.1) is 0 Å². The Balaban J connectivity index is 2.06. The first-order valence-corrected chi connectivity index (χ1v) is 6.61. The number of rotatable bonds is 2. The minimum absolute atomic E-state index is 0.0506. The van der Waals surface area contributed by atoms with Gasteiger partial charge in [0, 0.05) is 29.8 Å². The van der Waals surface area contributed by atoms with Gasteiger partial charge < -0.3 is 14.2 Å². The maximum absolute atomic E-state index is 12.1. The van der Waals surface area contributed by atoms with E-state index in [1.165, 1.54) is 10.6 Å². The maximum Gasteiger partial charge on any atom is 0.251 e. The van der Waals surface area contributed by atoms with Crippen molar-refractivity contribution in [2.75, 3.05) is 19.7 Å². The van der Waals surface area contributed by atoms with E-state index in [0.717, 1.165) is 4.47 Å². The first-order valence-electron chi connectivity index (χ1n) is 5.81. The molecule has 1 saturated heterocycles. The van der Waals surface area contributed by atoms with Crippen LogP contribution in [-0.2, 0) is 16.1 Å². The van der Waals surface area contributed by atoms with Gasteiger partial charge in [0.05, 0.1) is 12.7 Å². The molecule has 0 unspecified atom stereocenters. The van der Waals surface area contributed by atoms with E-state index >= 15 is 0 Å². The summed E-state index contributed by atoms with van der Waals surface area (Å²) in [7, 11) is 0. The molecule has 1 aliphatic heterocycles. The van der Waals surface area contributed by atoms with Gasteiger partial charge in [-0.3, -0.25) is 9.59 Å². The summed E-state index contributed by atoms with van der Waals surface area (Å²) in [5.41, 5.74) is -0.173. The molecule has 2 heterocycles. The number of amides is 1. The van der Waals surface area contributed by atoms with Crippen LogP contribution >= 0.6 is 15.9 Å². The van der Waals surface area contributed by atoms with Crippen molar-refractivity contribution in [3.63, 3.8) is 0 Å². The second-order valence-electron chi connectivity index (χ2n) is 4.33. The number of aromatic nitrogens is 1. The molecular weight excluding hydrogens is 300 g/mol. The third-order valence-electron chi connectivity index (χ3n) is 2.85. The topological polar surface area (TPSA) is 51.5 Å². The number of hydrogen-bond donors (Lipinski definition) is 0. The maximum atomic E-state index is 12.1. The Bertz CT molecular complexity index is 500. The van der Waals surface area contributed by atoms with Gasteiger partial charge in [0.25, 0.3) is 5.56 Å². The number of carbonyl (C=O) groups is 1. The van der Waals surface area contributed by atoms with E-state index in [1.54, 1.807) is 17.2 Å². The number of carbonyl (C=O) groups excluding carboxylic acids is 1. The Kier molecular flexibility index (Phi) is 4.19. The molecule has 0 spiro atoms. The molecule has 0 bridgehead atoms. The number of morpholine rings is 1. The van der Waals surface area contributed by atoms with E-state index in [0.29, 0.717) is 19.7 Å². The van der Waals surface area contributed by atoms with Crippen LogP contribution in [0.2, 0.25) is 0 Å². The SMILES string of the molecule is C[C@@H]1CN(C(=O)Cn2cc(Br)ccc2=O)CCO1. The summed E-state index contributed by atoms with van der Waals surface area (Å²) in [4.78, 5) is 25.4. The molecule has 0 aromatic carbocycles. The molecule has 0 radical (unpaired) electrons. The van der Waals surface area contributed by atoms with Crippen molar-refractivity contribution in [2.24, 2.45) is 0 Å². The van der Waals surface area contributed by atoms with Gasteiger partial charge in [-0.2, -0.15) is 0 Å². The van der Waals surface area contributed by atoms with Crippen molar-refractivity contribution in [1.29, 1.82) is 0 Å². The van der Waals surface area contributed by atoms with Crippen molar-refractivity contribution >= 4 is 21.8 Å². The lowest BCUT2D eigenvalue weighted by molar-refractivity contribution is -0.138. The van der Waals surface area contributed by atoms with Gasteiger partial charge in [0.15, 0.2) is 0 Å². The highest BCUT2D eigenvalue weighted by Gasteiger charge is 2.21. The highest BCUT2D eigenvalue weighted by atomic mass is 79.9. The van der Waals surface area contributed by atoms with Crippen LogP contribution < -0.4 is 5.56 Å². The summed E-state index contributed by atoms with van der Waals surface area (Å²) in [6.07, 6.45) is 1.69. The van der Waals surface area contributed by atoms with E-state index in [-0.39, 0.29) is 24.1 Å². The molecule has 1 fully saturated rings. The van der Waals surface area contributed by atoms with E-state index < -0.39 is 0 Å². The fourth-order valence-electron chi connectivity index (χ4n) is 1.92. The summed E-state index contributed by atoms with van der Waals surface area (Å²) >= 11 is 3.29. The van der Waals surface area contributed by atoms with Crippen LogP contribution in [0.3, 0.4) is 0 Å². The second kappa shape index (κ2) is 5.67. The predicted molar refractivity (Wildman–Crippen MR) is 70.4 cm³/mol. The minimum Gasteiger partial charge on any atom is -0.375 e. The number of halogens is 1. The standard InChI is InChI=1S/C12H15BrN2O3/c1-9-6-14(4-5-18-9)12(17)8-15-7-10(13)2-3-11(15)16/h2-3,7,9H,4-6,8H2,1H3/t9-/m1/s1. The third-order valence-corrected chi connectivity index (χ3v) is 3.32. The van der Waals surface area contributed by atoms with Crippen LogP contribution in [0.1, 0.15) is 6.92 Å². The first kappa shape index (κ1) is 13.3. The molecule has 0 saturated carbocycles. The van der Waals surface area contributed by atoms with Crippen molar-refractivity contribution in [1.82, 2.24) is 9.47 Å². The Morgan fingerprint density at radius 1 is 1.56 bits per heavy atom. The Morgan fingerprint density at radius 2 is 2.33 bits per heavy atom. The van der Waals surface area contributed by atoms with E-state index in [4.69, 9.17) is 4.74 Å². The highest BCUT2D eigenvalue weighted by molar-refractivity contribution is 9.10. The summed E-state index contributed by atoms with van der Waals surface area (Å²) in [6.45, 7) is 3.74. The van der Waals surface area contributed by atoms with Crippen LogP contribution in [0.5, 0.6) is 0 Å². The molecule has 1 aliphatic rings. The average molecular weight is 315 g/mol. The molecule has 1 aromatic heterocycles. The smallest absolute Gasteiger partial charge is 0.251 e. The highest BCUT2D eigenvalue weighted by Crippen LogP contribution is 2.07. The fourth-order valence-corrected chi connectivity index (χ4v) is 2.30. The lowest BCUT2D eigenvalue weighted by Crippen LogP contribution is -2.46. The van der Waals surface area contributed by atoms with Crippen molar-refractivity contribution < 1.29 is 9.53 Å². The number of nitrogens with zero attached hydrogens (tertiary/aromatic N) is 2. The molecule has 2 rings (SSSR count).